The van der Waals surface area contributed by atoms with E-state index < -0.39 is 6.10 Å². The van der Waals surface area contributed by atoms with E-state index in [2.05, 4.69) is 43.3 Å². The first-order valence-corrected chi connectivity index (χ1v) is 7.08. The lowest BCUT2D eigenvalue weighted by Crippen LogP contribution is -2.28. The van der Waals surface area contributed by atoms with Gasteiger partial charge in [-0.15, -0.1) is 0 Å². The standard InChI is InChI=1S/C18H23NO/c1-19(2)14-17(13-15-9-5-3-6-10-15)18(20)16-11-7-4-8-12-16/h3-12,17-18,20H,13-14H2,1-2H3/t17-,18-/m0/s1. The Hall–Kier alpha value is -1.64. The molecule has 0 aromatic heterocycles. The Morgan fingerprint density at radius 1 is 0.900 bits per heavy atom. The summed E-state index contributed by atoms with van der Waals surface area (Å²) in [5, 5.41) is 10.7. The molecule has 0 unspecified atom stereocenters. The summed E-state index contributed by atoms with van der Waals surface area (Å²) >= 11 is 0. The van der Waals surface area contributed by atoms with E-state index in [-0.39, 0.29) is 5.92 Å². The lowest BCUT2D eigenvalue weighted by Gasteiger charge is -2.26. The maximum Gasteiger partial charge on any atom is 0.0833 e. The highest BCUT2D eigenvalue weighted by atomic mass is 16.3. The number of nitrogens with zero attached hydrogens (tertiary/aromatic N) is 1. The number of hydrogen-bond donors (Lipinski definition) is 1. The second kappa shape index (κ2) is 7.22. The highest BCUT2D eigenvalue weighted by Gasteiger charge is 2.21. The molecular formula is C18H23NO. The van der Waals surface area contributed by atoms with Crippen LogP contribution < -0.4 is 0 Å². The van der Waals surface area contributed by atoms with Crippen LogP contribution in [0.1, 0.15) is 17.2 Å². The van der Waals surface area contributed by atoms with E-state index in [1.165, 1.54) is 5.56 Å². The first-order valence-electron chi connectivity index (χ1n) is 7.08. The second-order valence-corrected chi connectivity index (χ2v) is 5.57. The van der Waals surface area contributed by atoms with E-state index in [0.717, 1.165) is 18.5 Å². The summed E-state index contributed by atoms with van der Waals surface area (Å²) in [5.74, 6) is 0.190. The van der Waals surface area contributed by atoms with Gasteiger partial charge in [0.2, 0.25) is 0 Å². The summed E-state index contributed by atoms with van der Waals surface area (Å²) in [5.41, 5.74) is 2.27. The van der Waals surface area contributed by atoms with Crippen LogP contribution in [0.5, 0.6) is 0 Å². The molecule has 106 valence electrons. The van der Waals surface area contributed by atoms with Crippen molar-refractivity contribution in [3.05, 3.63) is 71.8 Å². The van der Waals surface area contributed by atoms with Gasteiger partial charge in [-0.2, -0.15) is 0 Å². The third kappa shape index (κ3) is 4.19. The normalized spacial score (nSPS) is 14.2. The quantitative estimate of drug-likeness (QED) is 0.871. The van der Waals surface area contributed by atoms with Crippen molar-refractivity contribution in [3.63, 3.8) is 0 Å². The molecule has 0 saturated carbocycles. The van der Waals surface area contributed by atoms with Gasteiger partial charge in [-0.25, -0.2) is 0 Å². The van der Waals surface area contributed by atoms with Gasteiger partial charge in [0, 0.05) is 12.5 Å². The first kappa shape index (κ1) is 14.8. The lowest BCUT2D eigenvalue weighted by atomic mass is 9.89. The molecular weight excluding hydrogens is 246 g/mol. The molecule has 2 atom stereocenters. The summed E-state index contributed by atoms with van der Waals surface area (Å²) in [6.45, 7) is 0.866. The average molecular weight is 269 g/mol. The molecule has 2 aromatic rings. The molecule has 2 rings (SSSR count). The fraction of sp³-hybridized carbons (Fsp3) is 0.333. The Labute approximate surface area is 121 Å². The Morgan fingerprint density at radius 2 is 1.45 bits per heavy atom. The van der Waals surface area contributed by atoms with Crippen molar-refractivity contribution in [2.45, 2.75) is 12.5 Å². The van der Waals surface area contributed by atoms with Crippen LogP contribution >= 0.6 is 0 Å². The highest BCUT2D eigenvalue weighted by molar-refractivity contribution is 5.20. The fourth-order valence-corrected chi connectivity index (χ4v) is 2.58. The van der Waals surface area contributed by atoms with Gasteiger partial charge in [0.25, 0.3) is 0 Å². The summed E-state index contributed by atoms with van der Waals surface area (Å²) in [6.07, 6.45) is 0.452. The van der Waals surface area contributed by atoms with E-state index in [0.29, 0.717) is 0 Å². The molecule has 0 bridgehead atoms. The molecule has 20 heavy (non-hydrogen) atoms. The van der Waals surface area contributed by atoms with E-state index >= 15 is 0 Å². The van der Waals surface area contributed by atoms with Gasteiger partial charge in [-0.05, 0) is 31.6 Å². The summed E-state index contributed by atoms with van der Waals surface area (Å²) in [6, 6.07) is 20.3. The molecule has 0 spiro atoms. The van der Waals surface area contributed by atoms with Crippen molar-refractivity contribution in [2.75, 3.05) is 20.6 Å². The van der Waals surface area contributed by atoms with Crippen molar-refractivity contribution in [1.29, 1.82) is 0 Å². The molecule has 2 nitrogen and oxygen atoms in total. The molecule has 0 saturated heterocycles. The number of benzene rings is 2. The molecule has 1 N–H and O–H groups in total. The van der Waals surface area contributed by atoms with Crippen LogP contribution in [0, 0.1) is 5.92 Å². The molecule has 0 heterocycles. The van der Waals surface area contributed by atoms with Crippen LogP contribution in [-0.4, -0.2) is 30.6 Å². The molecule has 0 aliphatic carbocycles. The second-order valence-electron chi connectivity index (χ2n) is 5.57. The van der Waals surface area contributed by atoms with Crippen LogP contribution in [0.3, 0.4) is 0 Å². The van der Waals surface area contributed by atoms with Crippen LogP contribution in [-0.2, 0) is 6.42 Å². The van der Waals surface area contributed by atoms with Gasteiger partial charge >= 0.3 is 0 Å². The zero-order chi connectivity index (χ0) is 14.4. The zero-order valence-electron chi connectivity index (χ0n) is 12.2. The van der Waals surface area contributed by atoms with Crippen molar-refractivity contribution in [2.24, 2.45) is 5.92 Å². The molecule has 0 amide bonds. The first-order chi connectivity index (χ1) is 9.66. The van der Waals surface area contributed by atoms with Gasteiger partial charge in [0.15, 0.2) is 0 Å². The topological polar surface area (TPSA) is 23.5 Å². The van der Waals surface area contributed by atoms with Crippen molar-refractivity contribution < 1.29 is 5.11 Å². The molecule has 0 aliphatic heterocycles. The maximum atomic E-state index is 10.7. The maximum absolute atomic E-state index is 10.7. The van der Waals surface area contributed by atoms with Gasteiger partial charge in [-0.3, -0.25) is 0 Å². The van der Waals surface area contributed by atoms with Gasteiger partial charge in [0.1, 0.15) is 0 Å². The van der Waals surface area contributed by atoms with Crippen molar-refractivity contribution in [3.8, 4) is 0 Å². The van der Waals surface area contributed by atoms with Crippen molar-refractivity contribution >= 4 is 0 Å². The van der Waals surface area contributed by atoms with Crippen LogP contribution in [0.15, 0.2) is 60.7 Å². The minimum atomic E-state index is -0.432. The molecule has 2 aromatic carbocycles. The van der Waals surface area contributed by atoms with Gasteiger partial charge < -0.3 is 10.0 Å². The van der Waals surface area contributed by atoms with E-state index in [1.54, 1.807) is 0 Å². The Morgan fingerprint density at radius 3 is 2.00 bits per heavy atom. The summed E-state index contributed by atoms with van der Waals surface area (Å²) < 4.78 is 0. The Bertz CT molecular complexity index is 495. The van der Waals surface area contributed by atoms with E-state index in [1.807, 2.05) is 36.4 Å². The van der Waals surface area contributed by atoms with Crippen LogP contribution in [0.25, 0.3) is 0 Å². The molecule has 0 radical (unpaired) electrons. The van der Waals surface area contributed by atoms with Crippen LogP contribution in [0.4, 0.5) is 0 Å². The Kier molecular flexibility index (Phi) is 5.33. The highest BCUT2D eigenvalue weighted by Crippen LogP contribution is 2.25. The smallest absolute Gasteiger partial charge is 0.0833 e. The molecule has 0 fully saturated rings. The minimum Gasteiger partial charge on any atom is -0.388 e. The predicted octanol–water partition coefficient (Wildman–Crippen LogP) is 3.14. The molecule has 2 heteroatoms. The summed E-state index contributed by atoms with van der Waals surface area (Å²) in [4.78, 5) is 2.14. The Balaban J connectivity index is 2.15. The van der Waals surface area contributed by atoms with E-state index in [9.17, 15) is 5.11 Å². The van der Waals surface area contributed by atoms with Gasteiger partial charge in [0.05, 0.1) is 6.10 Å². The van der Waals surface area contributed by atoms with Crippen LogP contribution in [0.2, 0.25) is 0 Å². The monoisotopic (exact) mass is 269 g/mol. The van der Waals surface area contributed by atoms with Crippen molar-refractivity contribution in [1.82, 2.24) is 4.90 Å². The third-order valence-corrected chi connectivity index (χ3v) is 3.53. The number of rotatable bonds is 6. The zero-order valence-corrected chi connectivity index (χ0v) is 12.2. The minimum absolute atomic E-state index is 0.190. The number of hydrogen-bond acceptors (Lipinski definition) is 2. The van der Waals surface area contributed by atoms with E-state index in [4.69, 9.17) is 0 Å². The molecule has 0 aliphatic rings. The number of aliphatic hydroxyl groups excluding tert-OH is 1. The summed E-state index contributed by atoms with van der Waals surface area (Å²) in [7, 11) is 4.10. The lowest BCUT2D eigenvalue weighted by molar-refractivity contribution is 0.0902. The SMILES string of the molecule is CN(C)C[C@H](Cc1ccccc1)[C@@H](O)c1ccccc1. The predicted molar refractivity (Wildman–Crippen MR) is 83.6 cm³/mol. The fourth-order valence-electron chi connectivity index (χ4n) is 2.58. The third-order valence-electron chi connectivity index (χ3n) is 3.53. The number of aliphatic hydroxyl groups is 1. The van der Waals surface area contributed by atoms with Gasteiger partial charge in [-0.1, -0.05) is 60.7 Å². The average Bonchev–Trinajstić information content (AvgIpc) is 2.47. The largest absolute Gasteiger partial charge is 0.388 e.